The van der Waals surface area contributed by atoms with Crippen LogP contribution in [0, 0.1) is 0 Å². The summed E-state index contributed by atoms with van der Waals surface area (Å²) < 4.78 is 0. The van der Waals surface area contributed by atoms with Gasteiger partial charge in [0.1, 0.15) is 5.54 Å². The van der Waals surface area contributed by atoms with Crippen LogP contribution in [0.2, 0.25) is 0 Å². The van der Waals surface area contributed by atoms with E-state index in [-0.39, 0.29) is 0 Å². The minimum Gasteiger partial charge on any atom is -0.368 e. The molecule has 96 valence electrons. The molecular weight excluding hydrogens is 202 g/mol. The highest BCUT2D eigenvalue weighted by Crippen LogP contribution is 2.06. The van der Waals surface area contributed by atoms with E-state index in [1.807, 2.05) is 0 Å². The molecule has 0 rings (SSSR count). The van der Waals surface area contributed by atoms with E-state index >= 15 is 0 Å². The average Bonchev–Trinajstić information content (AvgIpc) is 2.21. The third-order valence-corrected chi connectivity index (χ3v) is 2.77. The van der Waals surface area contributed by atoms with E-state index in [0.29, 0.717) is 6.54 Å². The van der Waals surface area contributed by atoms with Gasteiger partial charge in [-0.25, -0.2) is 0 Å². The Morgan fingerprint density at radius 1 is 1.19 bits per heavy atom. The Morgan fingerprint density at radius 2 is 1.62 bits per heavy atom. The second kappa shape index (κ2) is 7.63. The molecule has 0 radical (unpaired) electrons. The molecule has 0 saturated heterocycles. The van der Waals surface area contributed by atoms with E-state index in [0.717, 1.165) is 38.8 Å². The summed E-state index contributed by atoms with van der Waals surface area (Å²) in [5, 5.41) is 0. The first-order valence-corrected chi connectivity index (χ1v) is 6.25. The van der Waals surface area contributed by atoms with Gasteiger partial charge < -0.3 is 16.4 Å². The van der Waals surface area contributed by atoms with Gasteiger partial charge in [-0.3, -0.25) is 4.79 Å². The maximum atomic E-state index is 11.2. The van der Waals surface area contributed by atoms with Gasteiger partial charge in [-0.1, -0.05) is 26.7 Å². The van der Waals surface area contributed by atoms with E-state index in [1.54, 1.807) is 6.92 Å². The molecular formula is C12H27N3O. The number of unbranched alkanes of at least 4 members (excludes halogenated alkanes) is 2. The van der Waals surface area contributed by atoms with Crippen LogP contribution < -0.4 is 11.5 Å². The topological polar surface area (TPSA) is 72.3 Å². The minimum atomic E-state index is -0.915. The van der Waals surface area contributed by atoms with Crippen LogP contribution in [-0.2, 0) is 4.79 Å². The van der Waals surface area contributed by atoms with Crippen molar-refractivity contribution in [1.29, 1.82) is 0 Å². The Morgan fingerprint density at radius 3 is 1.94 bits per heavy atom. The van der Waals surface area contributed by atoms with Crippen molar-refractivity contribution in [3.05, 3.63) is 0 Å². The summed E-state index contributed by atoms with van der Waals surface area (Å²) in [7, 11) is 0. The van der Waals surface area contributed by atoms with E-state index in [4.69, 9.17) is 11.5 Å². The summed E-state index contributed by atoms with van der Waals surface area (Å²) in [5.74, 6) is -0.425. The molecule has 0 aliphatic carbocycles. The monoisotopic (exact) mass is 229 g/mol. The van der Waals surface area contributed by atoms with Gasteiger partial charge in [0.15, 0.2) is 0 Å². The minimum absolute atomic E-state index is 0.425. The molecule has 1 unspecified atom stereocenters. The van der Waals surface area contributed by atoms with Crippen molar-refractivity contribution in [2.45, 2.75) is 52.0 Å². The summed E-state index contributed by atoms with van der Waals surface area (Å²) in [6.45, 7) is 8.58. The van der Waals surface area contributed by atoms with Crippen LogP contribution >= 0.6 is 0 Å². The third kappa shape index (κ3) is 6.08. The number of carbonyl (C=O) groups excluding carboxylic acids is 1. The largest absolute Gasteiger partial charge is 0.368 e. The molecule has 0 aromatic heterocycles. The zero-order valence-electron chi connectivity index (χ0n) is 11.0. The van der Waals surface area contributed by atoms with Crippen LogP contribution in [0.25, 0.3) is 0 Å². The molecule has 0 heterocycles. The standard InChI is InChI=1S/C12H27N3O/c1-4-6-8-15(9-7-5-2)10-12(3,14)11(13)16/h4-10,14H2,1-3H3,(H2,13,16). The highest BCUT2D eigenvalue weighted by atomic mass is 16.1. The van der Waals surface area contributed by atoms with Gasteiger partial charge in [-0.05, 0) is 32.9 Å². The first-order chi connectivity index (χ1) is 7.44. The Labute approximate surface area is 99.4 Å². The second-order valence-corrected chi connectivity index (χ2v) is 4.76. The summed E-state index contributed by atoms with van der Waals surface area (Å²) >= 11 is 0. The molecule has 0 fully saturated rings. The molecule has 0 spiro atoms. The van der Waals surface area contributed by atoms with Crippen LogP contribution in [0.3, 0.4) is 0 Å². The first-order valence-electron chi connectivity index (χ1n) is 6.25. The zero-order valence-corrected chi connectivity index (χ0v) is 11.0. The Balaban J connectivity index is 4.22. The second-order valence-electron chi connectivity index (χ2n) is 4.76. The highest BCUT2D eigenvalue weighted by Gasteiger charge is 2.27. The number of nitrogens with two attached hydrogens (primary N) is 2. The van der Waals surface area contributed by atoms with Gasteiger partial charge >= 0.3 is 0 Å². The number of hydrogen-bond acceptors (Lipinski definition) is 3. The lowest BCUT2D eigenvalue weighted by atomic mass is 10.0. The number of hydrogen-bond donors (Lipinski definition) is 2. The van der Waals surface area contributed by atoms with Crippen molar-refractivity contribution in [3.8, 4) is 0 Å². The van der Waals surface area contributed by atoms with E-state index < -0.39 is 11.4 Å². The number of carbonyl (C=O) groups is 1. The molecule has 4 heteroatoms. The molecule has 1 amide bonds. The molecule has 0 bridgehead atoms. The normalized spacial score (nSPS) is 15.1. The van der Waals surface area contributed by atoms with Gasteiger partial charge in [0.05, 0.1) is 0 Å². The smallest absolute Gasteiger partial charge is 0.238 e. The Kier molecular flexibility index (Phi) is 7.34. The molecule has 1 atom stereocenters. The maximum absolute atomic E-state index is 11.2. The van der Waals surface area contributed by atoms with Crippen molar-refractivity contribution in [2.75, 3.05) is 19.6 Å². The van der Waals surface area contributed by atoms with Crippen molar-refractivity contribution >= 4 is 5.91 Å². The number of rotatable bonds is 9. The quantitative estimate of drug-likeness (QED) is 0.621. The molecule has 0 saturated carbocycles. The molecule has 4 N–H and O–H groups in total. The maximum Gasteiger partial charge on any atom is 0.238 e. The number of amides is 1. The SMILES string of the molecule is CCCCN(CCCC)CC(C)(N)C(N)=O. The molecule has 0 aliphatic heterocycles. The number of primary amides is 1. The van der Waals surface area contributed by atoms with Gasteiger partial charge in [-0.15, -0.1) is 0 Å². The average molecular weight is 229 g/mol. The predicted molar refractivity (Wildman–Crippen MR) is 68.0 cm³/mol. The molecule has 4 nitrogen and oxygen atoms in total. The molecule has 0 aliphatic rings. The van der Waals surface area contributed by atoms with Crippen LogP contribution in [0.5, 0.6) is 0 Å². The van der Waals surface area contributed by atoms with Crippen molar-refractivity contribution < 1.29 is 4.79 Å². The lowest BCUT2D eigenvalue weighted by Crippen LogP contribution is -2.57. The molecule has 16 heavy (non-hydrogen) atoms. The van der Waals surface area contributed by atoms with Crippen molar-refractivity contribution in [3.63, 3.8) is 0 Å². The molecule has 0 aromatic rings. The summed E-state index contributed by atoms with van der Waals surface area (Å²) in [6, 6.07) is 0. The van der Waals surface area contributed by atoms with Crippen LogP contribution in [-0.4, -0.2) is 36.0 Å². The summed E-state index contributed by atoms with van der Waals surface area (Å²) in [5.41, 5.74) is 10.3. The lowest BCUT2D eigenvalue weighted by Gasteiger charge is -2.30. The highest BCUT2D eigenvalue weighted by molar-refractivity contribution is 5.84. The van der Waals surface area contributed by atoms with Crippen LogP contribution in [0.1, 0.15) is 46.5 Å². The van der Waals surface area contributed by atoms with Gasteiger partial charge in [0.2, 0.25) is 5.91 Å². The van der Waals surface area contributed by atoms with Gasteiger partial charge in [0, 0.05) is 6.54 Å². The van der Waals surface area contributed by atoms with Crippen molar-refractivity contribution in [2.24, 2.45) is 11.5 Å². The fraction of sp³-hybridized carbons (Fsp3) is 0.917. The Hall–Kier alpha value is -0.610. The number of nitrogens with zero attached hydrogens (tertiary/aromatic N) is 1. The van der Waals surface area contributed by atoms with E-state index in [2.05, 4.69) is 18.7 Å². The fourth-order valence-corrected chi connectivity index (χ4v) is 1.58. The van der Waals surface area contributed by atoms with Crippen molar-refractivity contribution in [1.82, 2.24) is 4.90 Å². The van der Waals surface area contributed by atoms with Crippen LogP contribution in [0.4, 0.5) is 0 Å². The summed E-state index contributed by atoms with van der Waals surface area (Å²) in [6.07, 6.45) is 4.58. The van der Waals surface area contributed by atoms with Gasteiger partial charge in [0.25, 0.3) is 0 Å². The van der Waals surface area contributed by atoms with Gasteiger partial charge in [-0.2, -0.15) is 0 Å². The van der Waals surface area contributed by atoms with E-state index in [1.165, 1.54) is 0 Å². The zero-order chi connectivity index (χ0) is 12.6. The Bertz CT molecular complexity index is 196. The molecule has 0 aromatic carbocycles. The third-order valence-electron chi connectivity index (χ3n) is 2.77. The fourth-order valence-electron chi connectivity index (χ4n) is 1.58. The summed E-state index contributed by atoms with van der Waals surface area (Å²) in [4.78, 5) is 13.4. The lowest BCUT2D eigenvalue weighted by molar-refractivity contribution is -0.123. The first kappa shape index (κ1) is 15.4. The van der Waals surface area contributed by atoms with E-state index in [9.17, 15) is 4.79 Å². The predicted octanol–water partition coefficient (Wildman–Crippen LogP) is 1.09. The van der Waals surface area contributed by atoms with Crippen LogP contribution in [0.15, 0.2) is 0 Å².